The van der Waals surface area contributed by atoms with Crippen molar-refractivity contribution in [3.63, 3.8) is 0 Å². The second-order valence-corrected chi connectivity index (χ2v) is 12.7. The Balaban J connectivity index is 1.53. The number of carbonyl (C=O) groups is 2. The standard InChI is InChI=1S/C25H39N3O6S/c1-18(2)22(24(30)34-25(3,4)5)26(6)23(29)20-12-13-27(14-20)35(31,32)28-15-21(16-28)33-17-19-10-8-7-9-11-19/h7-11,18,20-22H,12-17H2,1-6H3/t20-,22-/m0/s1. The van der Waals surface area contributed by atoms with Crippen LogP contribution in [0.1, 0.15) is 46.6 Å². The van der Waals surface area contributed by atoms with Gasteiger partial charge in [0.25, 0.3) is 10.2 Å². The Morgan fingerprint density at radius 2 is 1.71 bits per heavy atom. The van der Waals surface area contributed by atoms with Gasteiger partial charge in [0.1, 0.15) is 11.6 Å². The van der Waals surface area contributed by atoms with E-state index in [2.05, 4.69) is 0 Å². The summed E-state index contributed by atoms with van der Waals surface area (Å²) in [5.41, 5.74) is 0.386. The van der Waals surface area contributed by atoms with Crippen molar-refractivity contribution in [3.8, 4) is 0 Å². The average molecular weight is 510 g/mol. The van der Waals surface area contributed by atoms with Crippen molar-refractivity contribution >= 4 is 22.1 Å². The smallest absolute Gasteiger partial charge is 0.329 e. The van der Waals surface area contributed by atoms with E-state index >= 15 is 0 Å². The zero-order chi connectivity index (χ0) is 26.0. The molecule has 9 nitrogen and oxygen atoms in total. The van der Waals surface area contributed by atoms with Crippen LogP contribution in [0, 0.1) is 11.8 Å². The minimum absolute atomic E-state index is 0.108. The van der Waals surface area contributed by atoms with E-state index in [9.17, 15) is 18.0 Å². The largest absolute Gasteiger partial charge is 0.458 e. The average Bonchev–Trinajstić information content (AvgIpc) is 3.22. The maximum absolute atomic E-state index is 13.2. The number of benzene rings is 1. The Labute approximate surface area is 209 Å². The van der Waals surface area contributed by atoms with Crippen molar-refractivity contribution in [3.05, 3.63) is 35.9 Å². The maximum atomic E-state index is 13.2. The molecule has 1 aromatic rings. The summed E-state index contributed by atoms with van der Waals surface area (Å²) in [6, 6.07) is 9.03. The molecule has 2 atom stereocenters. The third-order valence-electron chi connectivity index (χ3n) is 6.34. The number of carbonyl (C=O) groups excluding carboxylic acids is 2. The van der Waals surface area contributed by atoms with Gasteiger partial charge in [-0.05, 0) is 38.7 Å². The Morgan fingerprint density at radius 1 is 1.09 bits per heavy atom. The van der Waals surface area contributed by atoms with Crippen LogP contribution >= 0.6 is 0 Å². The second kappa shape index (κ2) is 10.9. The third-order valence-corrected chi connectivity index (χ3v) is 8.28. The van der Waals surface area contributed by atoms with Gasteiger partial charge < -0.3 is 14.4 Å². The van der Waals surface area contributed by atoms with E-state index in [0.29, 0.717) is 26.1 Å². The van der Waals surface area contributed by atoms with E-state index in [0.717, 1.165) is 5.56 Å². The van der Waals surface area contributed by atoms with Gasteiger partial charge in [-0.2, -0.15) is 17.0 Å². The number of esters is 1. The fourth-order valence-electron chi connectivity index (χ4n) is 4.45. The number of nitrogens with zero attached hydrogens (tertiary/aromatic N) is 3. The topological polar surface area (TPSA) is 96.5 Å². The highest BCUT2D eigenvalue weighted by molar-refractivity contribution is 7.86. The molecule has 2 saturated heterocycles. The Morgan fingerprint density at radius 3 is 2.29 bits per heavy atom. The highest BCUT2D eigenvalue weighted by Crippen LogP contribution is 2.28. The summed E-state index contributed by atoms with van der Waals surface area (Å²) >= 11 is 0. The van der Waals surface area contributed by atoms with Crippen molar-refractivity contribution in [2.24, 2.45) is 11.8 Å². The molecule has 0 bridgehead atoms. The van der Waals surface area contributed by atoms with Crippen LogP contribution in [0.25, 0.3) is 0 Å². The first-order valence-corrected chi connectivity index (χ1v) is 13.6. The predicted molar refractivity (Wildman–Crippen MR) is 132 cm³/mol. The zero-order valence-electron chi connectivity index (χ0n) is 21.6. The summed E-state index contributed by atoms with van der Waals surface area (Å²) in [4.78, 5) is 27.4. The molecule has 2 aliphatic rings. The van der Waals surface area contributed by atoms with Crippen molar-refractivity contribution < 1.29 is 27.5 Å². The molecule has 0 aliphatic carbocycles. The number of hydrogen-bond acceptors (Lipinski definition) is 6. The van der Waals surface area contributed by atoms with Crippen LogP contribution in [0.2, 0.25) is 0 Å². The van der Waals surface area contributed by atoms with E-state index in [-0.39, 0.29) is 31.0 Å². The molecule has 0 saturated carbocycles. The van der Waals surface area contributed by atoms with Crippen LogP contribution in [-0.2, 0) is 35.9 Å². The Bertz CT molecular complexity index is 986. The molecule has 0 radical (unpaired) electrons. The quantitative estimate of drug-likeness (QED) is 0.474. The molecule has 0 unspecified atom stereocenters. The van der Waals surface area contributed by atoms with Gasteiger partial charge in [0.05, 0.1) is 18.6 Å². The normalized spacial score (nSPS) is 21.1. The summed E-state index contributed by atoms with van der Waals surface area (Å²) in [5.74, 6) is -1.33. The minimum Gasteiger partial charge on any atom is -0.458 e. The van der Waals surface area contributed by atoms with Gasteiger partial charge in [-0.1, -0.05) is 44.2 Å². The number of hydrogen-bond donors (Lipinski definition) is 0. The fourth-order valence-corrected chi connectivity index (χ4v) is 6.19. The van der Waals surface area contributed by atoms with Crippen LogP contribution < -0.4 is 0 Å². The van der Waals surface area contributed by atoms with E-state index < -0.39 is 33.7 Å². The molecule has 196 valence electrons. The first-order valence-electron chi connectivity index (χ1n) is 12.2. The number of rotatable bonds is 9. The highest BCUT2D eigenvalue weighted by Gasteiger charge is 2.45. The number of ether oxygens (including phenoxy) is 2. The van der Waals surface area contributed by atoms with E-state index in [1.807, 2.05) is 44.2 Å². The SMILES string of the molecule is CC(C)[C@@H](C(=O)OC(C)(C)C)N(C)C(=O)[C@H]1CCN(S(=O)(=O)N2CC(OCc3ccccc3)C2)C1. The van der Waals surface area contributed by atoms with Gasteiger partial charge in [-0.25, -0.2) is 4.79 Å². The third kappa shape index (κ3) is 6.81. The van der Waals surface area contributed by atoms with E-state index in [1.165, 1.54) is 13.5 Å². The van der Waals surface area contributed by atoms with Crippen LogP contribution in [0.3, 0.4) is 0 Å². The lowest BCUT2D eigenvalue weighted by Gasteiger charge is -2.39. The van der Waals surface area contributed by atoms with Gasteiger partial charge >= 0.3 is 5.97 Å². The molecule has 2 aliphatic heterocycles. The van der Waals surface area contributed by atoms with Crippen molar-refractivity contribution in [1.29, 1.82) is 0 Å². The van der Waals surface area contributed by atoms with Gasteiger partial charge in [0.2, 0.25) is 5.91 Å². The van der Waals surface area contributed by atoms with Gasteiger partial charge in [-0.15, -0.1) is 0 Å². The van der Waals surface area contributed by atoms with Crippen molar-refractivity contribution in [1.82, 2.24) is 13.5 Å². The summed E-state index contributed by atoms with van der Waals surface area (Å²) in [6.45, 7) is 10.5. The Hall–Kier alpha value is -2.01. The van der Waals surface area contributed by atoms with Crippen LogP contribution in [0.4, 0.5) is 0 Å². The first-order chi connectivity index (χ1) is 16.3. The number of likely N-dealkylation sites (N-methyl/N-ethyl adjacent to an activating group) is 1. The lowest BCUT2D eigenvalue weighted by Crippen LogP contribution is -2.58. The van der Waals surface area contributed by atoms with Gasteiger partial charge in [0, 0.05) is 33.2 Å². The molecule has 35 heavy (non-hydrogen) atoms. The lowest BCUT2D eigenvalue weighted by molar-refractivity contribution is -0.166. The maximum Gasteiger partial charge on any atom is 0.329 e. The molecular formula is C25H39N3O6S. The molecule has 0 aromatic heterocycles. The zero-order valence-corrected chi connectivity index (χ0v) is 22.5. The molecule has 0 spiro atoms. The predicted octanol–water partition coefficient (Wildman–Crippen LogP) is 2.28. The summed E-state index contributed by atoms with van der Waals surface area (Å²) in [5, 5.41) is 0. The van der Waals surface area contributed by atoms with E-state index in [1.54, 1.807) is 27.8 Å². The fraction of sp³-hybridized carbons (Fsp3) is 0.680. The Kier molecular flexibility index (Phi) is 8.62. The molecule has 1 amide bonds. The minimum atomic E-state index is -3.66. The van der Waals surface area contributed by atoms with Crippen molar-refractivity contribution in [2.45, 2.75) is 65.4 Å². The molecule has 2 heterocycles. The lowest BCUT2D eigenvalue weighted by atomic mass is 9.99. The molecule has 3 rings (SSSR count). The first kappa shape index (κ1) is 27.6. The number of amides is 1. The van der Waals surface area contributed by atoms with Crippen molar-refractivity contribution in [2.75, 3.05) is 33.2 Å². The van der Waals surface area contributed by atoms with Gasteiger partial charge in [0.15, 0.2) is 0 Å². The molecular weight excluding hydrogens is 470 g/mol. The second-order valence-electron chi connectivity index (χ2n) is 10.8. The van der Waals surface area contributed by atoms with Crippen LogP contribution in [-0.4, -0.2) is 84.8 Å². The molecule has 10 heteroatoms. The highest BCUT2D eigenvalue weighted by atomic mass is 32.2. The summed E-state index contributed by atoms with van der Waals surface area (Å²) in [6.07, 6.45) is 0.278. The van der Waals surface area contributed by atoms with Crippen LogP contribution in [0.15, 0.2) is 30.3 Å². The van der Waals surface area contributed by atoms with Crippen LogP contribution in [0.5, 0.6) is 0 Å². The van der Waals surface area contributed by atoms with Gasteiger partial charge in [-0.3, -0.25) is 4.79 Å². The van der Waals surface area contributed by atoms with E-state index in [4.69, 9.17) is 9.47 Å². The molecule has 2 fully saturated rings. The molecule has 1 aromatic carbocycles. The molecule has 0 N–H and O–H groups in total. The monoisotopic (exact) mass is 509 g/mol. The summed E-state index contributed by atoms with van der Waals surface area (Å²) < 4.78 is 40.3. The summed E-state index contributed by atoms with van der Waals surface area (Å²) in [7, 11) is -2.07.